The van der Waals surface area contributed by atoms with Gasteiger partial charge in [0.05, 0.1) is 4.90 Å². The van der Waals surface area contributed by atoms with Gasteiger partial charge in [0.25, 0.3) is 0 Å². The summed E-state index contributed by atoms with van der Waals surface area (Å²) in [7, 11) is -1.40. The van der Waals surface area contributed by atoms with Crippen molar-refractivity contribution in [1.29, 1.82) is 0 Å². The highest BCUT2D eigenvalue weighted by atomic mass is 32.2. The van der Waals surface area contributed by atoms with Crippen molar-refractivity contribution in [3.8, 4) is 0 Å². The summed E-state index contributed by atoms with van der Waals surface area (Å²) in [6.45, 7) is 2.21. The number of likely N-dealkylation sites (N-methyl/N-ethyl adjacent to an activating group) is 1. The first-order chi connectivity index (χ1) is 10.1. The molecule has 0 spiro atoms. The van der Waals surface area contributed by atoms with Crippen molar-refractivity contribution in [2.75, 3.05) is 26.7 Å². The Balaban J connectivity index is 2.10. The highest BCUT2D eigenvalue weighted by Crippen LogP contribution is 2.20. The van der Waals surface area contributed by atoms with Crippen LogP contribution in [0.3, 0.4) is 0 Å². The molecule has 1 N–H and O–H groups in total. The van der Waals surface area contributed by atoms with Crippen molar-refractivity contribution in [2.45, 2.75) is 43.4 Å². The van der Waals surface area contributed by atoms with Gasteiger partial charge in [-0.15, -0.1) is 0 Å². The first-order valence-electron chi connectivity index (χ1n) is 7.88. The standard InChI is InChI=1S/C16H26N2O2S/c1-17-12-11-15-7-9-16(10-8-15)21(19,20)18-13-5-3-2-4-6-14-18/h7-10,17H,2-6,11-14H2,1H3. The van der Waals surface area contributed by atoms with E-state index >= 15 is 0 Å². The van der Waals surface area contributed by atoms with Gasteiger partial charge < -0.3 is 5.32 Å². The zero-order valence-corrected chi connectivity index (χ0v) is 13.7. The van der Waals surface area contributed by atoms with Crippen LogP contribution < -0.4 is 5.32 Å². The Morgan fingerprint density at radius 3 is 2.14 bits per heavy atom. The zero-order valence-electron chi connectivity index (χ0n) is 12.8. The SMILES string of the molecule is CNCCc1ccc(S(=O)(=O)N2CCCCCCC2)cc1. The van der Waals surface area contributed by atoms with Gasteiger partial charge in [-0.2, -0.15) is 4.31 Å². The molecule has 5 heteroatoms. The van der Waals surface area contributed by atoms with Crippen molar-refractivity contribution < 1.29 is 8.42 Å². The minimum absolute atomic E-state index is 0.427. The normalized spacial score (nSPS) is 18.1. The molecule has 1 aliphatic heterocycles. The molecule has 0 amide bonds. The van der Waals surface area contributed by atoms with E-state index in [1.807, 2.05) is 19.2 Å². The van der Waals surface area contributed by atoms with Gasteiger partial charge in [0.15, 0.2) is 0 Å². The Morgan fingerprint density at radius 1 is 1.00 bits per heavy atom. The van der Waals surface area contributed by atoms with E-state index in [-0.39, 0.29) is 0 Å². The second-order valence-electron chi connectivity index (χ2n) is 5.67. The first kappa shape index (κ1) is 16.5. The molecule has 0 saturated carbocycles. The average Bonchev–Trinajstić information content (AvgIpc) is 2.45. The van der Waals surface area contributed by atoms with Crippen LogP contribution >= 0.6 is 0 Å². The number of hydrogen-bond acceptors (Lipinski definition) is 3. The predicted octanol–water partition coefficient (Wildman–Crippen LogP) is 2.40. The van der Waals surface area contributed by atoms with E-state index in [9.17, 15) is 8.42 Å². The van der Waals surface area contributed by atoms with Crippen LogP contribution in [0.5, 0.6) is 0 Å². The predicted molar refractivity (Wildman–Crippen MR) is 85.9 cm³/mol. The second kappa shape index (κ2) is 7.92. The van der Waals surface area contributed by atoms with Crippen molar-refractivity contribution in [1.82, 2.24) is 9.62 Å². The lowest BCUT2D eigenvalue weighted by molar-refractivity contribution is 0.364. The van der Waals surface area contributed by atoms with Gasteiger partial charge in [-0.05, 0) is 50.6 Å². The molecule has 0 bridgehead atoms. The smallest absolute Gasteiger partial charge is 0.243 e. The Hall–Kier alpha value is -0.910. The van der Waals surface area contributed by atoms with E-state index in [2.05, 4.69) is 5.32 Å². The van der Waals surface area contributed by atoms with Gasteiger partial charge in [0.2, 0.25) is 10.0 Å². The van der Waals surface area contributed by atoms with Crippen LogP contribution in [0.1, 0.15) is 37.7 Å². The molecule has 1 aliphatic rings. The maximum atomic E-state index is 12.7. The summed E-state index contributed by atoms with van der Waals surface area (Å²) in [6, 6.07) is 7.35. The topological polar surface area (TPSA) is 49.4 Å². The third-order valence-corrected chi connectivity index (χ3v) is 5.95. The molecule has 0 aromatic heterocycles. The molecule has 4 nitrogen and oxygen atoms in total. The largest absolute Gasteiger partial charge is 0.319 e. The van der Waals surface area contributed by atoms with Gasteiger partial charge in [-0.25, -0.2) is 8.42 Å². The van der Waals surface area contributed by atoms with E-state index in [0.717, 1.165) is 44.2 Å². The molecular weight excluding hydrogens is 284 g/mol. The maximum Gasteiger partial charge on any atom is 0.243 e. The summed E-state index contributed by atoms with van der Waals surface area (Å²) in [6.07, 6.45) is 6.36. The Kier molecular flexibility index (Phi) is 6.21. The molecule has 0 aliphatic carbocycles. The Labute approximate surface area is 128 Å². The molecule has 0 atom stereocenters. The lowest BCUT2D eigenvalue weighted by atomic mass is 10.1. The molecular formula is C16H26N2O2S. The van der Waals surface area contributed by atoms with Gasteiger partial charge in [-0.1, -0.05) is 31.4 Å². The summed E-state index contributed by atoms with van der Waals surface area (Å²) >= 11 is 0. The fraction of sp³-hybridized carbons (Fsp3) is 0.625. The highest BCUT2D eigenvalue weighted by molar-refractivity contribution is 7.89. The van der Waals surface area contributed by atoms with E-state index in [1.54, 1.807) is 16.4 Å². The van der Waals surface area contributed by atoms with Crippen LogP contribution in [0, 0.1) is 0 Å². The minimum Gasteiger partial charge on any atom is -0.319 e. The van der Waals surface area contributed by atoms with Crippen LogP contribution in [-0.2, 0) is 16.4 Å². The number of nitrogens with one attached hydrogen (secondary N) is 1. The fourth-order valence-corrected chi connectivity index (χ4v) is 4.22. The summed E-state index contributed by atoms with van der Waals surface area (Å²) in [5, 5.41) is 3.10. The molecule has 1 aromatic rings. The summed E-state index contributed by atoms with van der Waals surface area (Å²) in [5.41, 5.74) is 1.16. The number of rotatable bonds is 5. The van der Waals surface area contributed by atoms with Crippen LogP contribution in [0.15, 0.2) is 29.2 Å². The average molecular weight is 310 g/mol. The van der Waals surface area contributed by atoms with Crippen LogP contribution in [0.2, 0.25) is 0 Å². The van der Waals surface area contributed by atoms with Gasteiger partial charge in [0, 0.05) is 13.1 Å². The van der Waals surface area contributed by atoms with E-state index in [1.165, 1.54) is 6.42 Å². The molecule has 0 unspecified atom stereocenters. The summed E-state index contributed by atoms with van der Waals surface area (Å²) < 4.78 is 27.0. The monoisotopic (exact) mass is 310 g/mol. The van der Waals surface area contributed by atoms with Crippen molar-refractivity contribution in [3.05, 3.63) is 29.8 Å². The van der Waals surface area contributed by atoms with Crippen molar-refractivity contribution >= 4 is 10.0 Å². The highest BCUT2D eigenvalue weighted by Gasteiger charge is 2.24. The number of benzene rings is 1. The van der Waals surface area contributed by atoms with Crippen molar-refractivity contribution in [2.24, 2.45) is 0 Å². The quantitative estimate of drug-likeness (QED) is 0.908. The molecule has 1 saturated heterocycles. The van der Waals surface area contributed by atoms with Crippen LogP contribution in [-0.4, -0.2) is 39.4 Å². The van der Waals surface area contributed by atoms with E-state index < -0.39 is 10.0 Å². The maximum absolute atomic E-state index is 12.7. The Bertz CT molecular complexity index is 518. The van der Waals surface area contributed by atoms with Gasteiger partial charge >= 0.3 is 0 Å². The molecule has 2 rings (SSSR count). The summed E-state index contributed by atoms with van der Waals surface area (Å²) in [4.78, 5) is 0.427. The lowest BCUT2D eigenvalue weighted by Gasteiger charge is -2.24. The number of nitrogens with zero attached hydrogens (tertiary/aromatic N) is 1. The fourth-order valence-electron chi connectivity index (χ4n) is 2.71. The number of sulfonamides is 1. The van der Waals surface area contributed by atoms with Crippen LogP contribution in [0.4, 0.5) is 0 Å². The second-order valence-corrected chi connectivity index (χ2v) is 7.61. The molecule has 1 aromatic carbocycles. The van der Waals surface area contributed by atoms with E-state index in [0.29, 0.717) is 18.0 Å². The molecule has 1 heterocycles. The van der Waals surface area contributed by atoms with Gasteiger partial charge in [0.1, 0.15) is 0 Å². The molecule has 1 fully saturated rings. The van der Waals surface area contributed by atoms with Crippen molar-refractivity contribution in [3.63, 3.8) is 0 Å². The van der Waals surface area contributed by atoms with Crippen LogP contribution in [0.25, 0.3) is 0 Å². The van der Waals surface area contributed by atoms with Gasteiger partial charge in [-0.3, -0.25) is 0 Å². The van der Waals surface area contributed by atoms with E-state index in [4.69, 9.17) is 0 Å². The molecule has 118 valence electrons. The summed E-state index contributed by atoms with van der Waals surface area (Å²) in [5.74, 6) is 0. The third-order valence-electron chi connectivity index (χ3n) is 4.04. The Morgan fingerprint density at radius 2 is 1.57 bits per heavy atom. The lowest BCUT2D eigenvalue weighted by Crippen LogP contribution is -2.33. The third kappa shape index (κ3) is 4.53. The zero-order chi connectivity index (χ0) is 15.1. The first-order valence-corrected chi connectivity index (χ1v) is 9.32. The number of hydrogen-bond donors (Lipinski definition) is 1. The molecule has 0 radical (unpaired) electrons. The molecule has 21 heavy (non-hydrogen) atoms. The minimum atomic E-state index is -3.32.